The molecular formula is C14H12BrF2N. The lowest BCUT2D eigenvalue weighted by molar-refractivity contribution is 0.524. The minimum atomic E-state index is -0.688. The molecule has 4 heteroatoms. The molecule has 0 aliphatic carbocycles. The molecule has 0 aliphatic heterocycles. The Labute approximate surface area is 113 Å². The van der Waals surface area contributed by atoms with Gasteiger partial charge in [0, 0.05) is 16.1 Å². The fraction of sp³-hybridized carbons (Fsp3) is 0.143. The zero-order valence-electron chi connectivity index (χ0n) is 9.54. The van der Waals surface area contributed by atoms with Crippen LogP contribution < -0.4 is 5.73 Å². The van der Waals surface area contributed by atoms with E-state index in [0.29, 0.717) is 6.42 Å². The van der Waals surface area contributed by atoms with Crippen molar-refractivity contribution in [3.05, 3.63) is 69.7 Å². The van der Waals surface area contributed by atoms with Gasteiger partial charge in [-0.1, -0.05) is 34.1 Å². The molecule has 18 heavy (non-hydrogen) atoms. The van der Waals surface area contributed by atoms with Crippen molar-refractivity contribution < 1.29 is 8.78 Å². The van der Waals surface area contributed by atoms with Crippen LogP contribution in [0.1, 0.15) is 17.2 Å². The molecular weight excluding hydrogens is 300 g/mol. The fourth-order valence-electron chi connectivity index (χ4n) is 1.84. The van der Waals surface area contributed by atoms with Crippen LogP contribution in [0.4, 0.5) is 8.78 Å². The van der Waals surface area contributed by atoms with E-state index >= 15 is 0 Å². The Morgan fingerprint density at radius 1 is 1.00 bits per heavy atom. The molecule has 0 bridgehead atoms. The molecule has 2 N–H and O–H groups in total. The molecule has 0 aromatic heterocycles. The number of benzene rings is 2. The summed E-state index contributed by atoms with van der Waals surface area (Å²) in [6.07, 6.45) is 0.394. The van der Waals surface area contributed by atoms with Crippen LogP contribution in [0.15, 0.2) is 46.9 Å². The van der Waals surface area contributed by atoms with E-state index in [0.717, 1.165) is 10.0 Å². The number of halogens is 3. The number of nitrogens with two attached hydrogens (primary N) is 1. The number of hydrogen-bond acceptors (Lipinski definition) is 1. The Morgan fingerprint density at radius 3 is 2.11 bits per heavy atom. The van der Waals surface area contributed by atoms with E-state index in [1.54, 1.807) is 0 Å². The third kappa shape index (κ3) is 2.94. The predicted molar refractivity (Wildman–Crippen MR) is 71.1 cm³/mol. The summed E-state index contributed by atoms with van der Waals surface area (Å²) >= 11 is 3.33. The second kappa shape index (κ2) is 5.59. The second-order valence-corrected chi connectivity index (χ2v) is 4.99. The van der Waals surface area contributed by atoms with E-state index in [9.17, 15) is 8.78 Å². The normalized spacial score (nSPS) is 12.4. The van der Waals surface area contributed by atoms with Gasteiger partial charge in [-0.15, -0.1) is 0 Å². The van der Waals surface area contributed by atoms with Crippen molar-refractivity contribution in [3.63, 3.8) is 0 Å². The molecule has 2 aromatic carbocycles. The van der Waals surface area contributed by atoms with Crippen molar-refractivity contribution in [1.29, 1.82) is 0 Å². The van der Waals surface area contributed by atoms with E-state index in [-0.39, 0.29) is 5.56 Å². The van der Waals surface area contributed by atoms with E-state index in [1.165, 1.54) is 18.2 Å². The van der Waals surface area contributed by atoms with Crippen LogP contribution >= 0.6 is 15.9 Å². The smallest absolute Gasteiger partial charge is 0.130 e. The van der Waals surface area contributed by atoms with Gasteiger partial charge < -0.3 is 5.73 Å². The Hall–Kier alpha value is -1.26. The third-order valence-corrected chi connectivity index (χ3v) is 3.27. The van der Waals surface area contributed by atoms with Crippen LogP contribution in [0.3, 0.4) is 0 Å². The Bertz CT molecular complexity index is 520. The van der Waals surface area contributed by atoms with Gasteiger partial charge >= 0.3 is 0 Å². The van der Waals surface area contributed by atoms with Crippen molar-refractivity contribution >= 4 is 15.9 Å². The van der Waals surface area contributed by atoms with E-state index in [4.69, 9.17) is 5.73 Å². The Kier molecular flexibility index (Phi) is 4.09. The maximum Gasteiger partial charge on any atom is 0.130 e. The van der Waals surface area contributed by atoms with Crippen molar-refractivity contribution in [3.8, 4) is 0 Å². The Morgan fingerprint density at radius 2 is 1.56 bits per heavy atom. The minimum absolute atomic E-state index is 0.0552. The summed E-state index contributed by atoms with van der Waals surface area (Å²) in [5.41, 5.74) is 6.76. The third-order valence-electron chi connectivity index (χ3n) is 2.74. The molecule has 0 spiro atoms. The topological polar surface area (TPSA) is 26.0 Å². The molecule has 94 valence electrons. The summed E-state index contributed by atoms with van der Waals surface area (Å²) in [5, 5.41) is 0. The van der Waals surface area contributed by atoms with Crippen molar-refractivity contribution in [2.75, 3.05) is 0 Å². The van der Waals surface area contributed by atoms with Gasteiger partial charge in [-0.2, -0.15) is 0 Å². The van der Waals surface area contributed by atoms with Gasteiger partial charge in [0.15, 0.2) is 0 Å². The highest BCUT2D eigenvalue weighted by molar-refractivity contribution is 9.10. The summed E-state index contributed by atoms with van der Waals surface area (Å²) in [4.78, 5) is 0. The first-order chi connectivity index (χ1) is 8.58. The van der Waals surface area contributed by atoms with Crippen LogP contribution in [0.5, 0.6) is 0 Å². The van der Waals surface area contributed by atoms with Crippen molar-refractivity contribution in [1.82, 2.24) is 0 Å². The summed E-state index contributed by atoms with van der Waals surface area (Å²) in [6.45, 7) is 0. The average molecular weight is 312 g/mol. The van der Waals surface area contributed by atoms with Gasteiger partial charge in [-0.05, 0) is 36.2 Å². The lowest BCUT2D eigenvalue weighted by Gasteiger charge is -2.14. The van der Waals surface area contributed by atoms with Gasteiger partial charge in [0.05, 0.1) is 0 Å². The van der Waals surface area contributed by atoms with Gasteiger partial charge in [0.2, 0.25) is 0 Å². The first kappa shape index (κ1) is 13.2. The highest BCUT2D eigenvalue weighted by atomic mass is 79.9. The van der Waals surface area contributed by atoms with E-state index < -0.39 is 17.7 Å². The molecule has 2 aromatic rings. The van der Waals surface area contributed by atoms with Gasteiger partial charge in [-0.25, -0.2) is 8.78 Å². The molecule has 1 atom stereocenters. The minimum Gasteiger partial charge on any atom is -0.323 e. The van der Waals surface area contributed by atoms with Crippen LogP contribution in [0, 0.1) is 11.6 Å². The molecule has 1 nitrogen and oxygen atoms in total. The van der Waals surface area contributed by atoms with Crippen LogP contribution in [-0.2, 0) is 6.42 Å². The monoisotopic (exact) mass is 311 g/mol. The lowest BCUT2D eigenvalue weighted by atomic mass is 9.99. The molecule has 0 aliphatic rings. The molecule has 0 saturated carbocycles. The zero-order chi connectivity index (χ0) is 13.1. The zero-order valence-corrected chi connectivity index (χ0v) is 11.1. The summed E-state index contributed by atoms with van der Waals surface area (Å²) in [6, 6.07) is 10.6. The van der Waals surface area contributed by atoms with Gasteiger partial charge in [-0.3, -0.25) is 0 Å². The molecule has 1 unspecified atom stereocenters. The quantitative estimate of drug-likeness (QED) is 0.912. The first-order valence-corrected chi connectivity index (χ1v) is 6.31. The maximum absolute atomic E-state index is 13.5. The SMILES string of the molecule is NC(Cc1ccc(Br)cc1)c1c(F)cccc1F. The fourth-order valence-corrected chi connectivity index (χ4v) is 2.11. The average Bonchev–Trinajstić information content (AvgIpc) is 2.32. The van der Waals surface area contributed by atoms with Gasteiger partial charge in [0.1, 0.15) is 11.6 Å². The molecule has 2 rings (SSSR count). The standard InChI is InChI=1S/C14H12BrF2N/c15-10-6-4-9(5-7-10)8-13(18)14-11(16)2-1-3-12(14)17/h1-7,13H,8,18H2. The first-order valence-electron chi connectivity index (χ1n) is 5.52. The lowest BCUT2D eigenvalue weighted by Crippen LogP contribution is -2.16. The van der Waals surface area contributed by atoms with E-state index in [2.05, 4.69) is 15.9 Å². The van der Waals surface area contributed by atoms with Gasteiger partial charge in [0.25, 0.3) is 0 Å². The molecule has 0 saturated heterocycles. The Balaban J connectivity index is 2.22. The number of rotatable bonds is 3. The second-order valence-electron chi connectivity index (χ2n) is 4.07. The van der Waals surface area contributed by atoms with Crippen LogP contribution in [-0.4, -0.2) is 0 Å². The molecule has 0 radical (unpaired) electrons. The number of hydrogen-bond donors (Lipinski definition) is 1. The molecule has 0 fully saturated rings. The maximum atomic E-state index is 13.5. The van der Waals surface area contributed by atoms with E-state index in [1.807, 2.05) is 24.3 Å². The summed E-state index contributed by atoms with van der Waals surface area (Å²) in [7, 11) is 0. The molecule has 0 heterocycles. The van der Waals surface area contributed by atoms with Crippen LogP contribution in [0.25, 0.3) is 0 Å². The van der Waals surface area contributed by atoms with Crippen LogP contribution in [0.2, 0.25) is 0 Å². The highest BCUT2D eigenvalue weighted by Crippen LogP contribution is 2.22. The highest BCUT2D eigenvalue weighted by Gasteiger charge is 2.16. The molecule has 0 amide bonds. The summed E-state index contributed by atoms with van der Waals surface area (Å²) < 4.78 is 28.0. The predicted octanol–water partition coefficient (Wildman–Crippen LogP) is 3.97. The van der Waals surface area contributed by atoms with Crippen molar-refractivity contribution in [2.24, 2.45) is 5.73 Å². The summed E-state index contributed by atoms with van der Waals surface area (Å²) in [5.74, 6) is -1.20. The largest absolute Gasteiger partial charge is 0.323 e. The van der Waals surface area contributed by atoms with Crippen molar-refractivity contribution in [2.45, 2.75) is 12.5 Å².